The van der Waals surface area contributed by atoms with Gasteiger partial charge in [0, 0.05) is 0 Å². The highest BCUT2D eigenvalue weighted by Crippen LogP contribution is 1.93. The molecule has 0 aromatic rings. The smallest absolute Gasteiger partial charge is 0.0601 e. The fraction of sp³-hybridized carbons (Fsp3) is 0.857. The minimum absolute atomic E-state index is 0.902. The van der Waals surface area contributed by atoms with E-state index < -0.39 is 0 Å². The van der Waals surface area contributed by atoms with Gasteiger partial charge in [-0.3, -0.25) is 9.80 Å². The third kappa shape index (κ3) is 8.76. The highest BCUT2D eigenvalue weighted by molar-refractivity contribution is 5.03. The van der Waals surface area contributed by atoms with Crippen LogP contribution in [0.5, 0.6) is 0 Å². The Labute approximate surface area is 102 Å². The lowest BCUT2D eigenvalue weighted by atomic mass is 10.3. The molecule has 0 heterocycles. The van der Waals surface area contributed by atoms with Crippen molar-refractivity contribution < 1.29 is 0 Å². The highest BCUT2D eigenvalue weighted by Gasteiger charge is 1.97. The van der Waals surface area contributed by atoms with Crippen molar-refractivity contribution in [2.24, 2.45) is 0 Å². The van der Waals surface area contributed by atoms with E-state index in [1.165, 1.54) is 25.8 Å². The van der Waals surface area contributed by atoms with E-state index in [9.17, 15) is 0 Å². The van der Waals surface area contributed by atoms with Crippen molar-refractivity contribution in [3.05, 3.63) is 0 Å². The fourth-order valence-electron chi connectivity index (χ4n) is 1.55. The first-order valence-electron chi connectivity index (χ1n) is 6.61. The Morgan fingerprint density at radius 2 is 1.56 bits per heavy atom. The fourth-order valence-corrected chi connectivity index (χ4v) is 1.55. The van der Waals surface area contributed by atoms with Gasteiger partial charge in [-0.15, -0.1) is 0 Å². The lowest BCUT2D eigenvalue weighted by molar-refractivity contribution is 0.317. The molecular weight excluding hydrogens is 196 g/mol. The van der Waals surface area contributed by atoms with E-state index in [1.54, 1.807) is 0 Å². The minimum Gasteiger partial charge on any atom is -0.295 e. The van der Waals surface area contributed by atoms with Crippen molar-refractivity contribution in [3.8, 4) is 11.8 Å². The van der Waals surface area contributed by atoms with Gasteiger partial charge in [0.2, 0.25) is 0 Å². The van der Waals surface area contributed by atoms with Crippen LogP contribution in [0.15, 0.2) is 0 Å². The molecule has 0 saturated heterocycles. The molecule has 0 amide bonds. The van der Waals surface area contributed by atoms with Crippen LogP contribution in [0.4, 0.5) is 0 Å². The Kier molecular flexibility index (Phi) is 10.6. The van der Waals surface area contributed by atoms with Gasteiger partial charge < -0.3 is 0 Å². The number of rotatable bonds is 8. The van der Waals surface area contributed by atoms with Crippen LogP contribution in [0.3, 0.4) is 0 Å². The molecule has 2 nitrogen and oxygen atoms in total. The van der Waals surface area contributed by atoms with Gasteiger partial charge in [-0.1, -0.05) is 39.0 Å². The number of hydrogen-bond acceptors (Lipinski definition) is 2. The summed E-state index contributed by atoms with van der Waals surface area (Å²) in [5, 5.41) is 0. The number of unbranched alkanes of at least 4 members (excludes halogenated alkanes) is 1. The lowest BCUT2D eigenvalue weighted by Crippen LogP contribution is -2.25. The van der Waals surface area contributed by atoms with E-state index in [0.717, 1.165) is 26.2 Å². The quantitative estimate of drug-likeness (QED) is 0.584. The molecule has 0 unspecified atom stereocenters. The molecule has 0 aliphatic heterocycles. The molecule has 0 spiro atoms. The standard InChI is InChI=1S/C14H28N2/c1-5-8-13-16(7-3)14-10-9-12-15(4)11-6-2/h5-8,11-14H2,1-4H3. The predicted molar refractivity (Wildman–Crippen MR) is 72.6 cm³/mol. The van der Waals surface area contributed by atoms with Crippen LogP contribution >= 0.6 is 0 Å². The Bertz CT molecular complexity index is 203. The van der Waals surface area contributed by atoms with Crippen molar-refractivity contribution in [2.45, 2.75) is 40.0 Å². The average Bonchev–Trinajstić information content (AvgIpc) is 2.28. The van der Waals surface area contributed by atoms with Crippen LogP contribution in [0.25, 0.3) is 0 Å². The Morgan fingerprint density at radius 3 is 2.12 bits per heavy atom. The summed E-state index contributed by atoms with van der Waals surface area (Å²) in [5.41, 5.74) is 0. The summed E-state index contributed by atoms with van der Waals surface area (Å²) < 4.78 is 0. The molecule has 0 fully saturated rings. The molecule has 0 radical (unpaired) electrons. The third-order valence-electron chi connectivity index (χ3n) is 2.66. The maximum Gasteiger partial charge on any atom is 0.0601 e. The summed E-state index contributed by atoms with van der Waals surface area (Å²) in [7, 11) is 2.13. The lowest BCUT2D eigenvalue weighted by Gasteiger charge is -2.16. The minimum atomic E-state index is 0.902. The first-order chi connectivity index (χ1) is 7.74. The summed E-state index contributed by atoms with van der Waals surface area (Å²) in [4.78, 5) is 4.69. The SMILES string of the molecule is CCCCN(CC)CC#CCN(C)CCC. The second-order valence-electron chi connectivity index (χ2n) is 4.31. The van der Waals surface area contributed by atoms with Crippen molar-refractivity contribution in [1.29, 1.82) is 0 Å². The molecule has 16 heavy (non-hydrogen) atoms. The van der Waals surface area contributed by atoms with E-state index in [0.29, 0.717) is 0 Å². The number of hydrogen-bond donors (Lipinski definition) is 0. The van der Waals surface area contributed by atoms with Crippen molar-refractivity contribution in [1.82, 2.24) is 9.80 Å². The summed E-state index contributed by atoms with van der Waals surface area (Å²) in [5.74, 6) is 6.51. The normalized spacial score (nSPS) is 10.6. The second-order valence-corrected chi connectivity index (χ2v) is 4.31. The maximum absolute atomic E-state index is 3.27. The van der Waals surface area contributed by atoms with Crippen LogP contribution in [0.2, 0.25) is 0 Å². The van der Waals surface area contributed by atoms with Gasteiger partial charge in [0.15, 0.2) is 0 Å². The molecule has 0 rings (SSSR count). The molecule has 0 bridgehead atoms. The predicted octanol–water partition coefficient (Wildman–Crippen LogP) is 2.45. The Hall–Kier alpha value is -0.520. The second kappa shape index (κ2) is 11.0. The van der Waals surface area contributed by atoms with Crippen LogP contribution in [-0.2, 0) is 0 Å². The summed E-state index contributed by atoms with van der Waals surface area (Å²) in [6.07, 6.45) is 3.75. The van der Waals surface area contributed by atoms with E-state index in [-0.39, 0.29) is 0 Å². The molecule has 0 N–H and O–H groups in total. The van der Waals surface area contributed by atoms with Gasteiger partial charge in [0.1, 0.15) is 0 Å². The summed E-state index contributed by atoms with van der Waals surface area (Å²) in [6.45, 7) is 11.9. The van der Waals surface area contributed by atoms with Crippen LogP contribution in [-0.4, -0.2) is 49.6 Å². The van der Waals surface area contributed by atoms with E-state index in [1.807, 2.05) is 0 Å². The molecule has 0 aliphatic carbocycles. The van der Waals surface area contributed by atoms with Gasteiger partial charge in [0.25, 0.3) is 0 Å². The monoisotopic (exact) mass is 224 g/mol. The highest BCUT2D eigenvalue weighted by atomic mass is 15.1. The largest absolute Gasteiger partial charge is 0.295 e. The molecule has 0 aliphatic rings. The zero-order chi connectivity index (χ0) is 12.2. The van der Waals surface area contributed by atoms with Crippen LogP contribution < -0.4 is 0 Å². The maximum atomic E-state index is 3.27. The molecular formula is C14H28N2. The first-order valence-corrected chi connectivity index (χ1v) is 6.61. The van der Waals surface area contributed by atoms with E-state index in [2.05, 4.69) is 49.5 Å². The molecule has 2 heteroatoms. The van der Waals surface area contributed by atoms with Gasteiger partial charge in [-0.05, 0) is 39.5 Å². The first kappa shape index (κ1) is 15.5. The number of nitrogens with zero attached hydrogens (tertiary/aromatic N) is 2. The van der Waals surface area contributed by atoms with E-state index in [4.69, 9.17) is 0 Å². The van der Waals surface area contributed by atoms with Crippen LogP contribution in [0.1, 0.15) is 40.0 Å². The van der Waals surface area contributed by atoms with E-state index >= 15 is 0 Å². The molecule has 0 aromatic heterocycles. The summed E-state index contributed by atoms with van der Waals surface area (Å²) >= 11 is 0. The zero-order valence-corrected chi connectivity index (χ0v) is 11.6. The summed E-state index contributed by atoms with van der Waals surface area (Å²) in [6, 6.07) is 0. The van der Waals surface area contributed by atoms with Gasteiger partial charge in [-0.2, -0.15) is 0 Å². The van der Waals surface area contributed by atoms with Crippen molar-refractivity contribution in [3.63, 3.8) is 0 Å². The zero-order valence-electron chi connectivity index (χ0n) is 11.6. The Morgan fingerprint density at radius 1 is 0.875 bits per heavy atom. The Balaban J connectivity index is 3.69. The van der Waals surface area contributed by atoms with Gasteiger partial charge in [-0.25, -0.2) is 0 Å². The topological polar surface area (TPSA) is 6.48 Å². The average molecular weight is 224 g/mol. The molecule has 0 atom stereocenters. The van der Waals surface area contributed by atoms with Crippen molar-refractivity contribution >= 4 is 0 Å². The molecule has 0 aromatic carbocycles. The van der Waals surface area contributed by atoms with Crippen molar-refractivity contribution in [2.75, 3.05) is 39.8 Å². The van der Waals surface area contributed by atoms with Crippen LogP contribution in [0, 0.1) is 11.8 Å². The molecule has 94 valence electrons. The molecule has 0 saturated carbocycles. The third-order valence-corrected chi connectivity index (χ3v) is 2.66. The van der Waals surface area contributed by atoms with Gasteiger partial charge >= 0.3 is 0 Å². The van der Waals surface area contributed by atoms with Gasteiger partial charge in [0.05, 0.1) is 13.1 Å².